The molecule has 0 radical (unpaired) electrons. The SMILES string of the molecule is Cc1cc(C(=O)CCC(F)(F)F)sc1Br. The van der Waals surface area contributed by atoms with Crippen LogP contribution >= 0.6 is 27.3 Å². The maximum Gasteiger partial charge on any atom is 0.389 e. The molecule has 0 aliphatic rings. The molecule has 0 saturated heterocycles. The number of carbonyl (C=O) groups is 1. The van der Waals surface area contributed by atoms with Gasteiger partial charge in [-0.2, -0.15) is 13.2 Å². The molecule has 1 heterocycles. The zero-order chi connectivity index (χ0) is 11.6. The summed E-state index contributed by atoms with van der Waals surface area (Å²) in [5, 5.41) is 0. The monoisotopic (exact) mass is 300 g/mol. The van der Waals surface area contributed by atoms with Crippen LogP contribution in [-0.4, -0.2) is 12.0 Å². The number of Topliss-reactive ketones (excluding diaryl/α,β-unsaturated/α-hetero) is 1. The first-order valence-electron chi connectivity index (χ1n) is 4.15. The quantitative estimate of drug-likeness (QED) is 0.759. The lowest BCUT2D eigenvalue weighted by atomic mass is 10.2. The van der Waals surface area contributed by atoms with Crippen molar-refractivity contribution in [3.05, 3.63) is 20.3 Å². The maximum absolute atomic E-state index is 11.9. The first-order chi connectivity index (χ1) is 6.79. The second-order valence-electron chi connectivity index (χ2n) is 3.11. The summed E-state index contributed by atoms with van der Waals surface area (Å²) in [6.45, 7) is 1.79. The smallest absolute Gasteiger partial charge is 0.293 e. The summed E-state index contributed by atoms with van der Waals surface area (Å²) in [6.07, 6.45) is -5.80. The van der Waals surface area contributed by atoms with E-state index >= 15 is 0 Å². The molecule has 0 N–H and O–H groups in total. The summed E-state index contributed by atoms with van der Waals surface area (Å²) in [5.74, 6) is -0.453. The summed E-state index contributed by atoms with van der Waals surface area (Å²) in [7, 11) is 0. The molecule has 0 saturated carbocycles. The molecule has 1 rings (SSSR count). The molecule has 0 atom stereocenters. The van der Waals surface area contributed by atoms with Gasteiger partial charge in [0.05, 0.1) is 15.1 Å². The normalized spacial score (nSPS) is 11.8. The van der Waals surface area contributed by atoms with Crippen molar-refractivity contribution < 1.29 is 18.0 Å². The number of hydrogen-bond acceptors (Lipinski definition) is 2. The molecule has 1 aromatic heterocycles. The van der Waals surface area contributed by atoms with Gasteiger partial charge < -0.3 is 0 Å². The van der Waals surface area contributed by atoms with Gasteiger partial charge in [-0.05, 0) is 34.5 Å². The summed E-state index contributed by atoms with van der Waals surface area (Å²) >= 11 is 4.39. The Kier molecular flexibility index (Phi) is 3.94. The van der Waals surface area contributed by atoms with Crippen LogP contribution in [0.4, 0.5) is 13.2 Å². The van der Waals surface area contributed by atoms with Crippen LogP contribution in [0.25, 0.3) is 0 Å². The third-order valence-corrected chi connectivity index (χ3v) is 3.95. The van der Waals surface area contributed by atoms with Crippen LogP contribution in [0.2, 0.25) is 0 Å². The largest absolute Gasteiger partial charge is 0.389 e. The summed E-state index contributed by atoms with van der Waals surface area (Å²) in [4.78, 5) is 11.7. The number of thiophene rings is 1. The lowest BCUT2D eigenvalue weighted by Crippen LogP contribution is -2.10. The maximum atomic E-state index is 11.9. The molecule has 0 bridgehead atoms. The average Bonchev–Trinajstić information content (AvgIpc) is 2.42. The fourth-order valence-electron chi connectivity index (χ4n) is 0.976. The van der Waals surface area contributed by atoms with Crippen molar-refractivity contribution in [2.24, 2.45) is 0 Å². The van der Waals surface area contributed by atoms with Gasteiger partial charge in [0.2, 0.25) is 0 Å². The molecule has 0 aliphatic carbocycles. The van der Waals surface area contributed by atoms with E-state index in [0.29, 0.717) is 4.88 Å². The van der Waals surface area contributed by atoms with Crippen molar-refractivity contribution in [3.63, 3.8) is 0 Å². The van der Waals surface area contributed by atoms with E-state index in [-0.39, 0.29) is 0 Å². The fraction of sp³-hybridized carbons (Fsp3) is 0.444. The number of rotatable bonds is 3. The van der Waals surface area contributed by atoms with Gasteiger partial charge in [0.25, 0.3) is 0 Å². The molecule has 15 heavy (non-hydrogen) atoms. The molecule has 0 spiro atoms. The van der Waals surface area contributed by atoms with Crippen LogP contribution in [-0.2, 0) is 0 Å². The predicted molar refractivity (Wildman–Crippen MR) is 56.4 cm³/mol. The first kappa shape index (κ1) is 12.7. The van der Waals surface area contributed by atoms with Crippen LogP contribution in [0.5, 0.6) is 0 Å². The highest BCUT2D eigenvalue weighted by Crippen LogP contribution is 2.29. The van der Waals surface area contributed by atoms with Crippen molar-refractivity contribution in [2.45, 2.75) is 25.9 Å². The summed E-state index contributed by atoms with van der Waals surface area (Å²) < 4.78 is 36.4. The van der Waals surface area contributed by atoms with Crippen LogP contribution in [0.15, 0.2) is 9.85 Å². The topological polar surface area (TPSA) is 17.1 Å². The molecule has 0 fully saturated rings. The molecule has 1 nitrogen and oxygen atoms in total. The van der Waals surface area contributed by atoms with Gasteiger partial charge in [0.15, 0.2) is 5.78 Å². The fourth-order valence-corrected chi connectivity index (χ4v) is 2.48. The highest BCUT2D eigenvalue weighted by atomic mass is 79.9. The minimum atomic E-state index is -4.26. The van der Waals surface area contributed by atoms with Crippen molar-refractivity contribution in [1.82, 2.24) is 0 Å². The van der Waals surface area contributed by atoms with Gasteiger partial charge in [-0.3, -0.25) is 4.79 Å². The Balaban J connectivity index is 2.62. The van der Waals surface area contributed by atoms with Crippen molar-refractivity contribution in [2.75, 3.05) is 0 Å². The lowest BCUT2D eigenvalue weighted by Gasteiger charge is -2.03. The zero-order valence-electron chi connectivity index (χ0n) is 7.82. The van der Waals surface area contributed by atoms with Gasteiger partial charge in [0.1, 0.15) is 0 Å². The van der Waals surface area contributed by atoms with Crippen molar-refractivity contribution in [3.8, 4) is 0 Å². The summed E-state index contributed by atoms with van der Waals surface area (Å²) in [5.41, 5.74) is 0.871. The van der Waals surface area contributed by atoms with E-state index in [1.165, 1.54) is 11.3 Å². The zero-order valence-corrected chi connectivity index (χ0v) is 10.2. The van der Waals surface area contributed by atoms with Crippen LogP contribution in [0.3, 0.4) is 0 Å². The van der Waals surface area contributed by atoms with Gasteiger partial charge in [0, 0.05) is 6.42 Å². The van der Waals surface area contributed by atoms with E-state index in [0.717, 1.165) is 9.35 Å². The lowest BCUT2D eigenvalue weighted by molar-refractivity contribution is -0.133. The standard InChI is InChI=1S/C9H8BrF3OS/c1-5-4-7(15-8(5)10)6(14)2-3-9(11,12)13/h4H,2-3H2,1H3. The number of ketones is 1. The molecule has 0 aromatic carbocycles. The molecule has 0 unspecified atom stereocenters. The average molecular weight is 301 g/mol. The second-order valence-corrected chi connectivity index (χ2v) is 5.48. The highest BCUT2D eigenvalue weighted by molar-refractivity contribution is 9.11. The number of halogens is 4. The van der Waals surface area contributed by atoms with Crippen LogP contribution in [0, 0.1) is 6.92 Å². The Morgan fingerprint density at radius 1 is 1.53 bits per heavy atom. The van der Waals surface area contributed by atoms with Crippen LogP contribution < -0.4 is 0 Å². The second kappa shape index (κ2) is 4.65. The van der Waals surface area contributed by atoms with E-state index < -0.39 is 24.8 Å². The molecule has 1 aromatic rings. The number of hydrogen-bond donors (Lipinski definition) is 0. The van der Waals surface area contributed by atoms with E-state index in [1.807, 2.05) is 0 Å². The third kappa shape index (κ3) is 3.95. The molecule has 84 valence electrons. The Hall–Kier alpha value is -0.360. The van der Waals surface area contributed by atoms with Gasteiger partial charge >= 0.3 is 6.18 Å². The van der Waals surface area contributed by atoms with Crippen LogP contribution in [0.1, 0.15) is 28.1 Å². The van der Waals surface area contributed by atoms with E-state index in [4.69, 9.17) is 0 Å². The molecule has 6 heteroatoms. The van der Waals surface area contributed by atoms with Gasteiger partial charge in [-0.15, -0.1) is 11.3 Å². The molecular formula is C9H8BrF3OS. The van der Waals surface area contributed by atoms with Gasteiger partial charge in [-0.1, -0.05) is 0 Å². The molecule has 0 amide bonds. The predicted octanol–water partition coefficient (Wildman–Crippen LogP) is 4.34. The summed E-state index contributed by atoms with van der Waals surface area (Å²) in [6, 6.07) is 1.60. The van der Waals surface area contributed by atoms with Crippen molar-refractivity contribution in [1.29, 1.82) is 0 Å². The Bertz CT molecular complexity index is 350. The number of aryl methyl sites for hydroxylation is 1. The minimum absolute atomic E-state index is 0.378. The highest BCUT2D eigenvalue weighted by Gasteiger charge is 2.28. The van der Waals surface area contributed by atoms with Crippen molar-refractivity contribution >= 4 is 33.0 Å². The molecule has 0 aliphatic heterocycles. The van der Waals surface area contributed by atoms with E-state index in [1.54, 1.807) is 13.0 Å². The first-order valence-corrected chi connectivity index (χ1v) is 5.76. The molecular weight excluding hydrogens is 293 g/mol. The Morgan fingerprint density at radius 2 is 2.13 bits per heavy atom. The number of carbonyl (C=O) groups excluding carboxylic acids is 1. The minimum Gasteiger partial charge on any atom is -0.293 e. The van der Waals surface area contributed by atoms with E-state index in [2.05, 4.69) is 15.9 Å². The Morgan fingerprint density at radius 3 is 2.53 bits per heavy atom. The third-order valence-electron chi connectivity index (χ3n) is 1.77. The number of alkyl halides is 3. The Labute approximate surface area is 97.4 Å². The van der Waals surface area contributed by atoms with Gasteiger partial charge in [-0.25, -0.2) is 0 Å². The van der Waals surface area contributed by atoms with E-state index in [9.17, 15) is 18.0 Å².